The maximum Gasteiger partial charge on any atom is 0.145 e. The highest BCUT2D eigenvalue weighted by atomic mass is 79.9. The summed E-state index contributed by atoms with van der Waals surface area (Å²) in [5.41, 5.74) is 0. The largest absolute Gasteiger partial charge is 0.145 e. The molecule has 1 radical (unpaired) electrons. The summed E-state index contributed by atoms with van der Waals surface area (Å²) in [6, 6.07) is 0. The van der Waals surface area contributed by atoms with Gasteiger partial charge in [0.05, 0.1) is 0 Å². The van der Waals surface area contributed by atoms with Gasteiger partial charge in [-0.15, -0.1) is 0 Å². The maximum atomic E-state index is 4.77. The SMILES string of the molecule is [S]C(Br)(Br)CBr. The van der Waals surface area contributed by atoms with Gasteiger partial charge in [-0.25, -0.2) is 0 Å². The Labute approximate surface area is 67.9 Å². The molecule has 0 aromatic rings. The van der Waals surface area contributed by atoms with E-state index >= 15 is 0 Å². The normalized spacial score (nSPS) is 12.0. The third kappa shape index (κ3) is 5.79. The van der Waals surface area contributed by atoms with Crippen LogP contribution in [-0.4, -0.2) is 7.90 Å². The van der Waals surface area contributed by atoms with Crippen LogP contribution in [0, 0.1) is 0 Å². The van der Waals surface area contributed by atoms with Gasteiger partial charge in [0.25, 0.3) is 0 Å². The van der Waals surface area contributed by atoms with E-state index in [-0.39, 0.29) is 2.57 Å². The Balaban J connectivity index is 3.17. The van der Waals surface area contributed by atoms with Gasteiger partial charge in [-0.2, -0.15) is 0 Å². The lowest BCUT2D eigenvalue weighted by molar-refractivity contribution is 1.45. The number of hydrogen-bond acceptors (Lipinski definition) is 0. The molecule has 0 heterocycles. The molecule has 0 rings (SSSR count). The van der Waals surface area contributed by atoms with Crippen molar-refractivity contribution in [3.63, 3.8) is 0 Å². The van der Waals surface area contributed by atoms with E-state index < -0.39 is 0 Å². The van der Waals surface area contributed by atoms with Crippen molar-refractivity contribution < 1.29 is 0 Å². The monoisotopic (exact) mass is 295 g/mol. The minimum absolute atomic E-state index is 0.333. The molecule has 6 heavy (non-hydrogen) atoms. The highest BCUT2D eigenvalue weighted by molar-refractivity contribution is 9.28. The van der Waals surface area contributed by atoms with Crippen molar-refractivity contribution in [2.45, 2.75) is 2.57 Å². The minimum atomic E-state index is -0.333. The molecule has 0 saturated heterocycles. The summed E-state index contributed by atoms with van der Waals surface area (Å²) in [4.78, 5) is 0. The summed E-state index contributed by atoms with van der Waals surface area (Å²) in [7, 11) is 0. The van der Waals surface area contributed by atoms with Gasteiger partial charge in [-0.05, 0) is 0 Å². The molecule has 0 N–H and O–H groups in total. The number of alkyl halides is 3. The molecule has 0 nitrogen and oxygen atoms in total. The summed E-state index contributed by atoms with van der Waals surface area (Å²) in [5.74, 6) is 0. The average molecular weight is 298 g/mol. The molecule has 0 unspecified atom stereocenters. The van der Waals surface area contributed by atoms with Gasteiger partial charge < -0.3 is 0 Å². The molecule has 37 valence electrons. The molecule has 0 aliphatic carbocycles. The van der Waals surface area contributed by atoms with Crippen LogP contribution in [0.2, 0.25) is 0 Å². The zero-order valence-electron chi connectivity index (χ0n) is 2.75. The molecule has 0 aliphatic rings. The van der Waals surface area contributed by atoms with Crippen LogP contribution in [0.1, 0.15) is 0 Å². The lowest BCUT2D eigenvalue weighted by Gasteiger charge is -2.02. The lowest BCUT2D eigenvalue weighted by Crippen LogP contribution is -1.99. The van der Waals surface area contributed by atoms with E-state index in [9.17, 15) is 0 Å². The molecule has 4 heteroatoms. The van der Waals surface area contributed by atoms with Crippen LogP contribution in [0.3, 0.4) is 0 Å². The van der Waals surface area contributed by atoms with Crippen LogP contribution >= 0.6 is 60.4 Å². The summed E-state index contributed by atoms with van der Waals surface area (Å²) in [6.07, 6.45) is 0. The summed E-state index contributed by atoms with van der Waals surface area (Å²) < 4.78 is -0.333. The molecule has 0 aromatic carbocycles. The molecule has 0 amide bonds. The van der Waals surface area contributed by atoms with E-state index in [0.717, 1.165) is 5.33 Å². The molecule has 0 spiro atoms. The molecule has 0 saturated carbocycles. The fourth-order valence-electron chi connectivity index (χ4n) is 0. The Morgan fingerprint density at radius 1 is 1.50 bits per heavy atom. The molecular weight excluding hydrogens is 296 g/mol. The zero-order valence-corrected chi connectivity index (χ0v) is 8.32. The van der Waals surface area contributed by atoms with E-state index in [2.05, 4.69) is 47.8 Å². The number of rotatable bonds is 1. The Bertz CT molecular complexity index is 38.5. The highest BCUT2D eigenvalue weighted by Crippen LogP contribution is 2.31. The first kappa shape index (κ1) is 7.79. The Hall–Kier alpha value is 1.79. The molecule has 0 aliphatic heterocycles. The van der Waals surface area contributed by atoms with Crippen LogP contribution in [0.5, 0.6) is 0 Å². The first-order chi connectivity index (χ1) is 2.56. The Morgan fingerprint density at radius 2 is 1.67 bits per heavy atom. The van der Waals surface area contributed by atoms with Gasteiger partial charge in [0.15, 0.2) is 0 Å². The van der Waals surface area contributed by atoms with Gasteiger partial charge >= 0.3 is 0 Å². The number of halogens is 3. The summed E-state index contributed by atoms with van der Waals surface area (Å²) in [6.45, 7) is 0. The van der Waals surface area contributed by atoms with E-state index in [4.69, 9.17) is 12.6 Å². The summed E-state index contributed by atoms with van der Waals surface area (Å²) >= 11 is 14.3. The molecular formula is C2H2Br3S. The Morgan fingerprint density at radius 3 is 1.67 bits per heavy atom. The predicted octanol–water partition coefficient (Wildman–Crippen LogP) is 3.02. The molecule has 0 aromatic heterocycles. The third-order valence-corrected chi connectivity index (χ3v) is 3.58. The zero-order chi connectivity index (χ0) is 5.21. The standard InChI is InChI=1S/C2H2Br3S/c3-1-2(4,5)6/h1H2. The maximum absolute atomic E-state index is 4.77. The third-order valence-electron chi connectivity index (χ3n) is 0.156. The second-order valence-electron chi connectivity index (χ2n) is 0.771. The first-order valence-corrected chi connectivity index (χ1v) is 4.32. The van der Waals surface area contributed by atoms with E-state index in [1.807, 2.05) is 0 Å². The fraction of sp³-hybridized carbons (Fsp3) is 1.00. The van der Waals surface area contributed by atoms with E-state index in [0.29, 0.717) is 0 Å². The highest BCUT2D eigenvalue weighted by Gasteiger charge is 2.13. The van der Waals surface area contributed by atoms with Crippen molar-refractivity contribution in [3.05, 3.63) is 0 Å². The molecule has 0 bridgehead atoms. The number of hydrogen-bond donors (Lipinski definition) is 0. The van der Waals surface area contributed by atoms with Crippen molar-refractivity contribution in [1.29, 1.82) is 0 Å². The van der Waals surface area contributed by atoms with Gasteiger partial charge in [-0.3, -0.25) is 0 Å². The van der Waals surface area contributed by atoms with Crippen LogP contribution in [0.4, 0.5) is 0 Å². The second-order valence-corrected chi connectivity index (χ2v) is 6.85. The van der Waals surface area contributed by atoms with Gasteiger partial charge in [-0.1, -0.05) is 60.4 Å². The topological polar surface area (TPSA) is 0 Å². The van der Waals surface area contributed by atoms with Crippen LogP contribution < -0.4 is 0 Å². The van der Waals surface area contributed by atoms with E-state index in [1.165, 1.54) is 0 Å². The minimum Gasteiger partial charge on any atom is -0.0894 e. The average Bonchev–Trinajstić information content (AvgIpc) is 1.35. The van der Waals surface area contributed by atoms with Crippen LogP contribution in [-0.2, 0) is 0 Å². The second kappa shape index (κ2) is 2.95. The van der Waals surface area contributed by atoms with Crippen molar-refractivity contribution >= 4 is 60.4 Å². The summed E-state index contributed by atoms with van der Waals surface area (Å²) in [5, 5.41) is 0.731. The first-order valence-electron chi connectivity index (χ1n) is 1.20. The van der Waals surface area contributed by atoms with Crippen molar-refractivity contribution in [1.82, 2.24) is 0 Å². The smallest absolute Gasteiger partial charge is 0.0894 e. The van der Waals surface area contributed by atoms with Gasteiger partial charge in [0.2, 0.25) is 0 Å². The van der Waals surface area contributed by atoms with Crippen molar-refractivity contribution in [3.8, 4) is 0 Å². The quantitative estimate of drug-likeness (QED) is 0.653. The van der Waals surface area contributed by atoms with Gasteiger partial charge in [0, 0.05) is 5.33 Å². The predicted molar refractivity (Wildman–Crippen MR) is 42.0 cm³/mol. The fourth-order valence-corrected chi connectivity index (χ4v) is 0. The lowest BCUT2D eigenvalue weighted by atomic mass is 11.0. The Kier molecular flexibility index (Phi) is 3.83. The van der Waals surface area contributed by atoms with Crippen LogP contribution in [0.25, 0.3) is 0 Å². The molecule has 0 atom stereocenters. The van der Waals surface area contributed by atoms with Crippen molar-refractivity contribution in [2.75, 3.05) is 5.33 Å². The van der Waals surface area contributed by atoms with Crippen LogP contribution in [0.15, 0.2) is 0 Å². The van der Waals surface area contributed by atoms with Gasteiger partial charge in [0.1, 0.15) is 2.57 Å². The van der Waals surface area contributed by atoms with Crippen molar-refractivity contribution in [2.24, 2.45) is 0 Å². The molecule has 0 fully saturated rings. The van der Waals surface area contributed by atoms with E-state index in [1.54, 1.807) is 0 Å².